The van der Waals surface area contributed by atoms with Gasteiger partial charge in [0.2, 0.25) is 0 Å². The van der Waals surface area contributed by atoms with Gasteiger partial charge in [0.25, 0.3) is 0 Å². The van der Waals surface area contributed by atoms with Gasteiger partial charge in [-0.1, -0.05) is 26.2 Å². The van der Waals surface area contributed by atoms with E-state index in [4.69, 9.17) is 4.74 Å². The summed E-state index contributed by atoms with van der Waals surface area (Å²) < 4.78 is 32.1. The first-order chi connectivity index (χ1) is 11.7. The molecule has 0 aromatic heterocycles. The van der Waals surface area contributed by atoms with Crippen molar-refractivity contribution in [3.63, 3.8) is 0 Å². The quantitative estimate of drug-likeness (QED) is 0.607. The van der Waals surface area contributed by atoms with Crippen LogP contribution in [0.25, 0.3) is 0 Å². The summed E-state index contributed by atoms with van der Waals surface area (Å²) in [7, 11) is 0. The fraction of sp³-hybridized carbons (Fsp3) is 0.714. The molecule has 2 aliphatic carbocycles. The van der Waals surface area contributed by atoms with Crippen LogP contribution in [0.2, 0.25) is 0 Å². The molecule has 0 bridgehead atoms. The van der Waals surface area contributed by atoms with Crippen LogP contribution in [0.1, 0.15) is 64.7 Å². The first-order valence-electron chi connectivity index (χ1n) is 9.73. The molecule has 0 unspecified atom stereocenters. The minimum atomic E-state index is -0.601. The molecule has 0 spiro atoms. The molecule has 2 saturated carbocycles. The minimum Gasteiger partial charge on any atom is -0.490 e. The first-order valence-corrected chi connectivity index (χ1v) is 9.73. The fourth-order valence-corrected chi connectivity index (χ4v) is 4.69. The van der Waals surface area contributed by atoms with Gasteiger partial charge in [-0.25, -0.2) is 8.78 Å². The predicted octanol–water partition coefficient (Wildman–Crippen LogP) is 6.37. The Morgan fingerprint density at radius 1 is 0.875 bits per heavy atom. The Bertz CT molecular complexity index is 515. The summed E-state index contributed by atoms with van der Waals surface area (Å²) in [6.07, 6.45) is 12.0. The maximum Gasteiger partial charge on any atom is 0.167 e. The van der Waals surface area contributed by atoms with E-state index in [0.717, 1.165) is 23.8 Å². The van der Waals surface area contributed by atoms with Gasteiger partial charge in [0.05, 0.1) is 6.61 Å². The van der Waals surface area contributed by atoms with Crippen molar-refractivity contribution in [2.24, 2.45) is 23.7 Å². The summed E-state index contributed by atoms with van der Waals surface area (Å²) in [6, 6.07) is 3.53. The molecule has 0 amide bonds. The van der Waals surface area contributed by atoms with E-state index in [1.165, 1.54) is 69.9 Å². The predicted molar refractivity (Wildman–Crippen MR) is 93.0 cm³/mol. The van der Waals surface area contributed by atoms with Crippen LogP contribution in [0.15, 0.2) is 18.2 Å². The summed E-state index contributed by atoms with van der Waals surface area (Å²) in [5, 5.41) is 0. The monoisotopic (exact) mass is 336 g/mol. The second kappa shape index (κ2) is 8.31. The molecule has 0 radical (unpaired) electrons. The van der Waals surface area contributed by atoms with Crippen LogP contribution in [0.4, 0.5) is 8.78 Å². The number of ether oxygens (including phenoxy) is 1. The standard InChI is InChI=1S/C21H30F2O/c1-2-15-3-7-17(8-4-15)18-9-5-16(6-10-18)14-24-21-12-11-19(22)13-20(21)23/h11-13,15-18H,2-10,14H2,1H3/t15-,16?,17-,18?. The van der Waals surface area contributed by atoms with Crippen LogP contribution in [0.5, 0.6) is 5.75 Å². The van der Waals surface area contributed by atoms with E-state index in [0.29, 0.717) is 12.5 Å². The van der Waals surface area contributed by atoms with Gasteiger partial charge < -0.3 is 4.74 Å². The van der Waals surface area contributed by atoms with E-state index in [-0.39, 0.29) is 5.75 Å². The second-order valence-electron chi connectivity index (χ2n) is 7.86. The summed E-state index contributed by atoms with van der Waals surface area (Å²) in [5.41, 5.74) is 0. The molecule has 24 heavy (non-hydrogen) atoms. The zero-order valence-corrected chi connectivity index (χ0v) is 14.8. The molecule has 134 valence electrons. The van der Waals surface area contributed by atoms with E-state index in [1.54, 1.807) is 0 Å². The van der Waals surface area contributed by atoms with Crippen molar-refractivity contribution in [1.82, 2.24) is 0 Å². The summed E-state index contributed by atoms with van der Waals surface area (Å²) in [4.78, 5) is 0. The van der Waals surface area contributed by atoms with E-state index in [9.17, 15) is 8.78 Å². The topological polar surface area (TPSA) is 9.23 Å². The van der Waals surface area contributed by atoms with Crippen LogP contribution >= 0.6 is 0 Å². The van der Waals surface area contributed by atoms with Crippen molar-refractivity contribution in [2.75, 3.05) is 6.61 Å². The molecule has 1 aromatic rings. The highest BCUT2D eigenvalue weighted by Gasteiger charge is 2.30. The molecular formula is C21H30F2O. The summed E-state index contributed by atoms with van der Waals surface area (Å²) in [6.45, 7) is 2.87. The highest BCUT2D eigenvalue weighted by molar-refractivity contribution is 5.24. The molecule has 0 N–H and O–H groups in total. The molecule has 0 atom stereocenters. The Kier molecular flexibility index (Phi) is 6.13. The molecule has 1 aromatic carbocycles. The smallest absolute Gasteiger partial charge is 0.167 e. The van der Waals surface area contributed by atoms with Crippen molar-refractivity contribution < 1.29 is 13.5 Å². The highest BCUT2D eigenvalue weighted by Crippen LogP contribution is 2.42. The lowest BCUT2D eigenvalue weighted by atomic mass is 9.69. The lowest BCUT2D eigenvalue weighted by Crippen LogP contribution is -2.27. The summed E-state index contributed by atoms with van der Waals surface area (Å²) in [5.74, 6) is 2.33. The summed E-state index contributed by atoms with van der Waals surface area (Å²) >= 11 is 0. The number of hydrogen-bond donors (Lipinski definition) is 0. The third-order valence-electron chi connectivity index (χ3n) is 6.40. The molecule has 1 nitrogen and oxygen atoms in total. The maximum atomic E-state index is 13.6. The van der Waals surface area contributed by atoms with Gasteiger partial charge in [0, 0.05) is 6.07 Å². The Morgan fingerprint density at radius 2 is 1.46 bits per heavy atom. The number of rotatable bonds is 5. The van der Waals surface area contributed by atoms with Gasteiger partial charge in [-0.15, -0.1) is 0 Å². The molecule has 0 saturated heterocycles. The lowest BCUT2D eigenvalue weighted by molar-refractivity contribution is 0.121. The van der Waals surface area contributed by atoms with Crippen LogP contribution in [0, 0.1) is 35.3 Å². The van der Waals surface area contributed by atoms with Crippen LogP contribution in [-0.4, -0.2) is 6.61 Å². The van der Waals surface area contributed by atoms with E-state index in [2.05, 4.69) is 6.92 Å². The zero-order chi connectivity index (χ0) is 16.9. The van der Waals surface area contributed by atoms with Gasteiger partial charge in [-0.3, -0.25) is 0 Å². The van der Waals surface area contributed by atoms with Gasteiger partial charge in [-0.2, -0.15) is 0 Å². The van der Waals surface area contributed by atoms with Gasteiger partial charge in [0.1, 0.15) is 5.82 Å². The Hall–Kier alpha value is -1.12. The van der Waals surface area contributed by atoms with Crippen molar-refractivity contribution in [1.29, 1.82) is 0 Å². The Labute approximate surface area is 144 Å². The molecule has 3 heteroatoms. The average molecular weight is 336 g/mol. The van der Waals surface area contributed by atoms with Gasteiger partial charge >= 0.3 is 0 Å². The highest BCUT2D eigenvalue weighted by atomic mass is 19.1. The normalized spacial score (nSPS) is 31.0. The van der Waals surface area contributed by atoms with E-state index < -0.39 is 11.6 Å². The van der Waals surface area contributed by atoms with Gasteiger partial charge in [0.15, 0.2) is 11.6 Å². The van der Waals surface area contributed by atoms with Crippen molar-refractivity contribution in [3.8, 4) is 5.75 Å². The maximum absolute atomic E-state index is 13.6. The molecule has 3 rings (SSSR count). The lowest BCUT2D eigenvalue weighted by Gasteiger charge is -2.37. The van der Waals surface area contributed by atoms with Crippen molar-refractivity contribution in [3.05, 3.63) is 29.8 Å². The van der Waals surface area contributed by atoms with Crippen molar-refractivity contribution >= 4 is 0 Å². The fourth-order valence-electron chi connectivity index (χ4n) is 4.69. The van der Waals surface area contributed by atoms with E-state index >= 15 is 0 Å². The van der Waals surface area contributed by atoms with Crippen molar-refractivity contribution in [2.45, 2.75) is 64.7 Å². The number of halogens is 2. The third kappa shape index (κ3) is 4.49. The molecule has 0 heterocycles. The minimum absolute atomic E-state index is 0.177. The SMILES string of the molecule is CC[C@H]1CC[C@H](C2CCC(COc3ccc(F)cc3F)CC2)CC1. The largest absolute Gasteiger partial charge is 0.490 e. The van der Waals surface area contributed by atoms with Crippen LogP contribution in [-0.2, 0) is 0 Å². The number of hydrogen-bond acceptors (Lipinski definition) is 1. The number of benzene rings is 1. The van der Waals surface area contributed by atoms with Crippen LogP contribution < -0.4 is 4.74 Å². The average Bonchev–Trinajstić information content (AvgIpc) is 2.62. The second-order valence-corrected chi connectivity index (χ2v) is 7.86. The third-order valence-corrected chi connectivity index (χ3v) is 6.40. The Balaban J connectivity index is 1.41. The molecule has 2 aliphatic rings. The van der Waals surface area contributed by atoms with E-state index in [1.807, 2.05) is 0 Å². The molecular weight excluding hydrogens is 306 g/mol. The van der Waals surface area contributed by atoms with Gasteiger partial charge in [-0.05, 0) is 74.3 Å². The van der Waals surface area contributed by atoms with Crippen LogP contribution in [0.3, 0.4) is 0 Å². The molecule has 2 fully saturated rings. The first kappa shape index (κ1) is 17.7. The zero-order valence-electron chi connectivity index (χ0n) is 14.8. The Morgan fingerprint density at radius 3 is 2.00 bits per heavy atom. The molecule has 0 aliphatic heterocycles.